The van der Waals surface area contributed by atoms with Crippen molar-refractivity contribution >= 4 is 34.8 Å². The van der Waals surface area contributed by atoms with Gasteiger partial charge < -0.3 is 15.0 Å². The number of carbonyl (C=O) groups is 2. The zero-order chi connectivity index (χ0) is 19.8. The van der Waals surface area contributed by atoms with E-state index in [0.717, 1.165) is 6.07 Å². The Hall–Kier alpha value is -2.60. The van der Waals surface area contributed by atoms with Gasteiger partial charge in [0.2, 0.25) is 5.91 Å². The van der Waals surface area contributed by atoms with Gasteiger partial charge in [0.1, 0.15) is 18.2 Å². The Balaban J connectivity index is 1.89. The molecule has 0 bridgehead atoms. The van der Waals surface area contributed by atoms with Crippen molar-refractivity contribution in [2.45, 2.75) is 20.8 Å². The van der Waals surface area contributed by atoms with Crippen molar-refractivity contribution in [2.75, 3.05) is 23.4 Å². The van der Waals surface area contributed by atoms with Crippen LogP contribution in [0.4, 0.5) is 15.8 Å². The van der Waals surface area contributed by atoms with Crippen molar-refractivity contribution in [1.29, 1.82) is 0 Å². The molecule has 0 aromatic heterocycles. The first-order chi connectivity index (χ1) is 12.7. The summed E-state index contributed by atoms with van der Waals surface area (Å²) in [6.07, 6.45) is 0. The molecule has 2 aromatic rings. The topological polar surface area (TPSA) is 58.6 Å². The van der Waals surface area contributed by atoms with Gasteiger partial charge in [-0.05, 0) is 51.1 Å². The highest BCUT2D eigenvalue weighted by atomic mass is 35.5. The Morgan fingerprint density at radius 2 is 2.04 bits per heavy atom. The third-order valence-corrected chi connectivity index (χ3v) is 4.73. The van der Waals surface area contributed by atoms with Crippen LogP contribution in [0.1, 0.15) is 31.1 Å². The van der Waals surface area contributed by atoms with Crippen LogP contribution in [0.3, 0.4) is 0 Å². The molecule has 7 heteroatoms. The molecule has 0 atom stereocenters. The number of carbonyl (C=O) groups excluding carboxylic acids is 2. The third kappa shape index (κ3) is 3.76. The van der Waals surface area contributed by atoms with E-state index in [4.69, 9.17) is 16.3 Å². The molecule has 27 heavy (non-hydrogen) atoms. The summed E-state index contributed by atoms with van der Waals surface area (Å²) in [6, 6.07) is 8.68. The van der Waals surface area contributed by atoms with Crippen LogP contribution < -0.4 is 15.0 Å². The van der Waals surface area contributed by atoms with E-state index in [1.807, 2.05) is 20.8 Å². The summed E-state index contributed by atoms with van der Waals surface area (Å²) < 4.78 is 19.0. The lowest BCUT2D eigenvalue weighted by Gasteiger charge is -2.26. The SMILES string of the molecule is CCN1C(=O)C(C)(C)COc2cc(NC(=O)c3ccc(F)cc3Cl)ccc21. The predicted molar refractivity (Wildman–Crippen MR) is 103 cm³/mol. The minimum absolute atomic E-state index is 0.0152. The molecule has 2 amide bonds. The van der Waals surface area contributed by atoms with Gasteiger partial charge in [0.05, 0.1) is 21.7 Å². The summed E-state index contributed by atoms with van der Waals surface area (Å²) in [6.45, 7) is 6.31. The number of fused-ring (bicyclic) bond motifs is 1. The van der Waals surface area contributed by atoms with Crippen LogP contribution in [0.25, 0.3) is 0 Å². The molecule has 0 fully saturated rings. The molecule has 1 aliphatic rings. The second-order valence-electron chi connectivity index (χ2n) is 6.98. The lowest BCUT2D eigenvalue weighted by atomic mass is 9.93. The van der Waals surface area contributed by atoms with E-state index in [1.54, 1.807) is 23.1 Å². The maximum absolute atomic E-state index is 13.2. The number of anilines is 2. The Kier molecular flexibility index (Phi) is 5.11. The van der Waals surface area contributed by atoms with Crippen LogP contribution in [-0.2, 0) is 4.79 Å². The first-order valence-electron chi connectivity index (χ1n) is 8.58. The number of nitrogens with zero attached hydrogens (tertiary/aromatic N) is 1. The highest BCUT2D eigenvalue weighted by molar-refractivity contribution is 6.34. The maximum Gasteiger partial charge on any atom is 0.257 e. The van der Waals surface area contributed by atoms with Crippen LogP contribution in [0, 0.1) is 11.2 Å². The number of hydrogen-bond donors (Lipinski definition) is 1. The molecule has 1 heterocycles. The molecule has 1 aliphatic heterocycles. The van der Waals surface area contributed by atoms with Crippen LogP contribution in [0.5, 0.6) is 5.75 Å². The molecule has 0 spiro atoms. The molecule has 3 rings (SSSR count). The van der Waals surface area contributed by atoms with Crippen molar-refractivity contribution in [1.82, 2.24) is 0 Å². The first kappa shape index (κ1) is 19.2. The molecule has 1 N–H and O–H groups in total. The van der Waals surface area contributed by atoms with Gasteiger partial charge in [0, 0.05) is 18.3 Å². The molecule has 0 unspecified atom stereocenters. The lowest BCUT2D eigenvalue weighted by molar-refractivity contribution is -0.127. The summed E-state index contributed by atoms with van der Waals surface area (Å²) >= 11 is 5.94. The van der Waals surface area contributed by atoms with Crippen LogP contribution in [-0.4, -0.2) is 25.0 Å². The Morgan fingerprint density at radius 1 is 1.30 bits per heavy atom. The highest BCUT2D eigenvalue weighted by Crippen LogP contribution is 2.38. The smallest absolute Gasteiger partial charge is 0.257 e. The van der Waals surface area contributed by atoms with E-state index in [0.29, 0.717) is 23.7 Å². The Morgan fingerprint density at radius 3 is 2.70 bits per heavy atom. The van der Waals surface area contributed by atoms with Gasteiger partial charge in [-0.1, -0.05) is 11.6 Å². The minimum Gasteiger partial charge on any atom is -0.490 e. The van der Waals surface area contributed by atoms with E-state index in [9.17, 15) is 14.0 Å². The largest absolute Gasteiger partial charge is 0.490 e. The van der Waals surface area contributed by atoms with Crippen LogP contribution in [0.15, 0.2) is 36.4 Å². The van der Waals surface area contributed by atoms with E-state index >= 15 is 0 Å². The third-order valence-electron chi connectivity index (χ3n) is 4.41. The first-order valence-corrected chi connectivity index (χ1v) is 8.96. The van der Waals surface area contributed by atoms with E-state index in [-0.39, 0.29) is 23.1 Å². The van der Waals surface area contributed by atoms with Crippen molar-refractivity contribution < 1.29 is 18.7 Å². The molecule has 0 saturated carbocycles. The number of benzene rings is 2. The number of nitrogens with one attached hydrogen (secondary N) is 1. The van der Waals surface area contributed by atoms with Gasteiger partial charge in [-0.25, -0.2) is 4.39 Å². The number of halogens is 2. The fourth-order valence-electron chi connectivity index (χ4n) is 2.91. The summed E-state index contributed by atoms with van der Waals surface area (Å²) in [5.41, 5.74) is 0.661. The summed E-state index contributed by atoms with van der Waals surface area (Å²) in [7, 11) is 0. The predicted octanol–water partition coefficient (Wildman–Crippen LogP) is 4.50. The average molecular weight is 391 g/mol. The minimum atomic E-state index is -0.653. The van der Waals surface area contributed by atoms with E-state index in [1.165, 1.54) is 12.1 Å². The quantitative estimate of drug-likeness (QED) is 0.839. The zero-order valence-electron chi connectivity index (χ0n) is 15.3. The van der Waals surface area contributed by atoms with Crippen molar-refractivity contribution in [3.8, 4) is 5.75 Å². The molecule has 5 nitrogen and oxygen atoms in total. The van der Waals surface area contributed by atoms with Crippen molar-refractivity contribution in [3.05, 3.63) is 52.8 Å². The lowest BCUT2D eigenvalue weighted by Crippen LogP contribution is -2.42. The molecule has 0 radical (unpaired) electrons. The van der Waals surface area contributed by atoms with Gasteiger partial charge in [0.25, 0.3) is 5.91 Å². The average Bonchev–Trinajstić information content (AvgIpc) is 2.70. The van der Waals surface area contributed by atoms with Crippen molar-refractivity contribution in [3.63, 3.8) is 0 Å². The van der Waals surface area contributed by atoms with E-state index in [2.05, 4.69) is 5.32 Å². The van der Waals surface area contributed by atoms with E-state index < -0.39 is 17.1 Å². The molecule has 142 valence electrons. The highest BCUT2D eigenvalue weighted by Gasteiger charge is 2.37. The molecule has 2 aromatic carbocycles. The zero-order valence-corrected chi connectivity index (χ0v) is 16.1. The van der Waals surface area contributed by atoms with Gasteiger partial charge in [-0.15, -0.1) is 0 Å². The standard InChI is InChI=1S/C20H20ClFN2O3/c1-4-24-16-8-6-13(10-17(16)27-11-20(2,3)19(24)26)23-18(25)14-7-5-12(22)9-15(14)21/h5-10H,4,11H2,1-3H3,(H,23,25). The van der Waals surface area contributed by atoms with Gasteiger partial charge in [0.15, 0.2) is 0 Å². The molecular formula is C20H20ClFN2O3. The number of rotatable bonds is 3. The Labute approximate surface area is 162 Å². The number of ether oxygens (including phenoxy) is 1. The maximum atomic E-state index is 13.2. The second-order valence-corrected chi connectivity index (χ2v) is 7.39. The molecule has 0 saturated heterocycles. The second kappa shape index (κ2) is 7.19. The molecular weight excluding hydrogens is 371 g/mol. The Bertz CT molecular complexity index is 914. The summed E-state index contributed by atoms with van der Waals surface area (Å²) in [4.78, 5) is 26.8. The summed E-state index contributed by atoms with van der Waals surface area (Å²) in [5.74, 6) is -0.475. The number of amides is 2. The van der Waals surface area contributed by atoms with Crippen molar-refractivity contribution in [2.24, 2.45) is 5.41 Å². The molecule has 0 aliphatic carbocycles. The van der Waals surface area contributed by atoms with Crippen LogP contribution in [0.2, 0.25) is 5.02 Å². The number of hydrogen-bond acceptors (Lipinski definition) is 3. The van der Waals surface area contributed by atoms with Gasteiger partial charge in [-0.3, -0.25) is 9.59 Å². The van der Waals surface area contributed by atoms with Crippen LogP contribution >= 0.6 is 11.6 Å². The monoisotopic (exact) mass is 390 g/mol. The van der Waals surface area contributed by atoms with Gasteiger partial charge in [-0.2, -0.15) is 0 Å². The normalized spacial score (nSPS) is 15.6. The summed E-state index contributed by atoms with van der Waals surface area (Å²) in [5, 5.41) is 2.76. The van der Waals surface area contributed by atoms with Gasteiger partial charge >= 0.3 is 0 Å². The fraction of sp³-hybridized carbons (Fsp3) is 0.300. The fourth-order valence-corrected chi connectivity index (χ4v) is 3.16.